The van der Waals surface area contributed by atoms with Gasteiger partial charge in [-0.1, -0.05) is 30.3 Å². The van der Waals surface area contributed by atoms with Gasteiger partial charge in [0.05, 0.1) is 0 Å². The molecule has 1 fully saturated rings. The van der Waals surface area contributed by atoms with E-state index >= 15 is 0 Å². The second-order valence-corrected chi connectivity index (χ2v) is 6.78. The van der Waals surface area contributed by atoms with Crippen LogP contribution in [-0.4, -0.2) is 30.3 Å². The van der Waals surface area contributed by atoms with Gasteiger partial charge in [0.25, 0.3) is 0 Å². The molecule has 0 spiro atoms. The Balaban J connectivity index is 1.42. The zero-order valence-electron chi connectivity index (χ0n) is 14.5. The fourth-order valence-electron chi connectivity index (χ4n) is 3.60. The summed E-state index contributed by atoms with van der Waals surface area (Å²) in [5, 5.41) is 0. The fourth-order valence-corrected chi connectivity index (χ4v) is 3.60. The van der Waals surface area contributed by atoms with Gasteiger partial charge in [0.1, 0.15) is 5.82 Å². The van der Waals surface area contributed by atoms with Gasteiger partial charge in [-0.25, -0.2) is 4.39 Å². The van der Waals surface area contributed by atoms with Crippen molar-refractivity contribution in [2.75, 3.05) is 25.4 Å². The maximum atomic E-state index is 13.1. The summed E-state index contributed by atoms with van der Waals surface area (Å²) in [7, 11) is 0. The smallest absolute Gasteiger partial charge is 0.164 e. The number of ketones is 1. The minimum atomic E-state index is -0.407. The number of likely N-dealkylation sites (tertiary alicyclic amines) is 1. The fraction of sp³-hybridized carbons (Fsp3) is 0.381. The van der Waals surface area contributed by atoms with Gasteiger partial charge in [0, 0.05) is 17.7 Å². The Hall–Kier alpha value is -2.20. The molecular weight excluding hydrogens is 315 g/mol. The number of nitrogens with two attached hydrogens (primary N) is 1. The normalized spacial score (nSPS) is 16.0. The summed E-state index contributed by atoms with van der Waals surface area (Å²) in [5.41, 5.74) is 7.84. The number of Topliss-reactive ketones (excluding diaryl/α,β-unsaturated/α-hetero) is 1. The predicted octanol–water partition coefficient (Wildman–Crippen LogP) is 4.25. The first-order valence-electron chi connectivity index (χ1n) is 8.99. The van der Waals surface area contributed by atoms with E-state index in [1.54, 1.807) is 0 Å². The van der Waals surface area contributed by atoms with Crippen molar-refractivity contribution in [1.29, 1.82) is 0 Å². The molecule has 0 aromatic heterocycles. The van der Waals surface area contributed by atoms with E-state index in [9.17, 15) is 9.18 Å². The molecule has 25 heavy (non-hydrogen) atoms. The maximum absolute atomic E-state index is 13.1. The molecule has 0 radical (unpaired) electrons. The Kier molecular flexibility index (Phi) is 5.82. The van der Waals surface area contributed by atoms with Gasteiger partial charge in [-0.2, -0.15) is 0 Å². The van der Waals surface area contributed by atoms with Crippen LogP contribution in [0.5, 0.6) is 0 Å². The molecule has 2 N–H and O–H groups in total. The van der Waals surface area contributed by atoms with Crippen LogP contribution >= 0.6 is 0 Å². The lowest BCUT2D eigenvalue weighted by Crippen LogP contribution is -2.33. The predicted molar refractivity (Wildman–Crippen MR) is 99.2 cm³/mol. The Labute approximate surface area is 148 Å². The lowest BCUT2D eigenvalue weighted by Gasteiger charge is -2.32. The summed E-state index contributed by atoms with van der Waals surface area (Å²) < 4.78 is 13.1. The number of halogens is 1. The molecule has 0 aliphatic carbocycles. The molecule has 4 heteroatoms. The molecule has 1 aliphatic rings. The van der Waals surface area contributed by atoms with Crippen molar-refractivity contribution < 1.29 is 9.18 Å². The zero-order chi connectivity index (χ0) is 17.6. The van der Waals surface area contributed by atoms with Crippen LogP contribution in [-0.2, 0) is 0 Å². The third-order valence-corrected chi connectivity index (χ3v) is 5.05. The molecule has 2 aromatic carbocycles. The molecule has 0 bridgehead atoms. The van der Waals surface area contributed by atoms with Crippen molar-refractivity contribution in [2.45, 2.75) is 31.6 Å². The van der Waals surface area contributed by atoms with Crippen molar-refractivity contribution in [3.8, 4) is 0 Å². The molecule has 1 heterocycles. The molecule has 0 unspecified atom stereocenters. The number of benzene rings is 2. The van der Waals surface area contributed by atoms with Crippen LogP contribution in [0.1, 0.15) is 47.5 Å². The highest BCUT2D eigenvalue weighted by Crippen LogP contribution is 2.27. The third-order valence-electron chi connectivity index (χ3n) is 5.05. The van der Waals surface area contributed by atoms with E-state index in [0.717, 1.165) is 26.1 Å². The van der Waals surface area contributed by atoms with Gasteiger partial charge in [-0.3, -0.25) is 4.79 Å². The van der Waals surface area contributed by atoms with E-state index in [-0.39, 0.29) is 11.5 Å². The van der Waals surface area contributed by atoms with Crippen LogP contribution in [0.25, 0.3) is 0 Å². The Morgan fingerprint density at radius 1 is 1.12 bits per heavy atom. The highest BCUT2D eigenvalue weighted by atomic mass is 19.1. The Bertz CT molecular complexity index is 709. The van der Waals surface area contributed by atoms with Gasteiger partial charge in [0.15, 0.2) is 5.78 Å². The van der Waals surface area contributed by atoms with Crippen molar-refractivity contribution in [1.82, 2.24) is 4.90 Å². The van der Waals surface area contributed by atoms with Crippen molar-refractivity contribution in [3.05, 3.63) is 65.5 Å². The van der Waals surface area contributed by atoms with Crippen LogP contribution < -0.4 is 5.73 Å². The lowest BCUT2D eigenvalue weighted by atomic mass is 9.89. The number of nitrogens with zero attached hydrogens (tertiary/aromatic N) is 1. The number of rotatable bonds is 6. The van der Waals surface area contributed by atoms with Gasteiger partial charge >= 0.3 is 0 Å². The van der Waals surface area contributed by atoms with Crippen LogP contribution in [0, 0.1) is 5.82 Å². The summed E-state index contributed by atoms with van der Waals surface area (Å²) >= 11 is 0. The molecule has 0 amide bonds. The first-order chi connectivity index (χ1) is 12.1. The molecule has 0 atom stereocenters. The molecular formula is C21H25FN2O. The zero-order valence-corrected chi connectivity index (χ0v) is 14.5. The van der Waals surface area contributed by atoms with Gasteiger partial charge in [-0.15, -0.1) is 0 Å². The van der Waals surface area contributed by atoms with Gasteiger partial charge in [-0.05, 0) is 68.6 Å². The van der Waals surface area contributed by atoms with Crippen molar-refractivity contribution in [2.24, 2.45) is 0 Å². The number of hydrogen-bond donors (Lipinski definition) is 1. The monoisotopic (exact) mass is 340 g/mol. The first kappa shape index (κ1) is 17.6. The SMILES string of the molecule is Nc1cc(F)ccc1C(=O)CCCN1CCC(c2ccccc2)CC1. The van der Waals surface area contributed by atoms with Gasteiger partial charge in [0.2, 0.25) is 0 Å². The highest BCUT2D eigenvalue weighted by molar-refractivity contribution is 6.00. The van der Waals surface area contributed by atoms with Crippen LogP contribution in [0.15, 0.2) is 48.5 Å². The second kappa shape index (κ2) is 8.26. The van der Waals surface area contributed by atoms with E-state index in [2.05, 4.69) is 35.2 Å². The highest BCUT2D eigenvalue weighted by Gasteiger charge is 2.20. The second-order valence-electron chi connectivity index (χ2n) is 6.78. The summed E-state index contributed by atoms with van der Waals surface area (Å²) in [5.74, 6) is 0.241. The summed E-state index contributed by atoms with van der Waals surface area (Å²) in [6, 6.07) is 14.7. The summed E-state index contributed by atoms with van der Waals surface area (Å²) in [6.45, 7) is 3.08. The average Bonchev–Trinajstić information content (AvgIpc) is 2.63. The quantitative estimate of drug-likeness (QED) is 0.632. The van der Waals surface area contributed by atoms with Crippen LogP contribution in [0.4, 0.5) is 10.1 Å². The third kappa shape index (κ3) is 4.67. The van der Waals surface area contributed by atoms with E-state index in [1.165, 1.54) is 36.6 Å². The largest absolute Gasteiger partial charge is 0.398 e. The Morgan fingerprint density at radius 2 is 1.84 bits per heavy atom. The molecule has 2 aromatic rings. The van der Waals surface area contributed by atoms with E-state index in [4.69, 9.17) is 5.73 Å². The average molecular weight is 340 g/mol. The molecule has 132 valence electrons. The minimum absolute atomic E-state index is 0.00308. The first-order valence-corrected chi connectivity index (χ1v) is 8.99. The number of anilines is 1. The maximum Gasteiger partial charge on any atom is 0.164 e. The van der Waals surface area contributed by atoms with E-state index in [1.807, 2.05) is 0 Å². The van der Waals surface area contributed by atoms with Crippen LogP contribution in [0.2, 0.25) is 0 Å². The lowest BCUT2D eigenvalue weighted by molar-refractivity contribution is 0.0973. The number of hydrogen-bond acceptors (Lipinski definition) is 3. The van der Waals surface area contributed by atoms with Gasteiger partial charge < -0.3 is 10.6 Å². The molecule has 0 saturated carbocycles. The van der Waals surface area contributed by atoms with E-state index in [0.29, 0.717) is 17.9 Å². The summed E-state index contributed by atoms with van der Waals surface area (Å²) in [6.07, 6.45) is 3.60. The summed E-state index contributed by atoms with van der Waals surface area (Å²) in [4.78, 5) is 14.7. The topological polar surface area (TPSA) is 46.3 Å². The molecule has 3 nitrogen and oxygen atoms in total. The standard InChI is InChI=1S/C21H25FN2O/c22-18-8-9-19(20(23)15-18)21(25)7-4-12-24-13-10-17(11-14-24)16-5-2-1-3-6-16/h1-3,5-6,8-9,15,17H,4,7,10-14,23H2. The van der Waals surface area contributed by atoms with Crippen molar-refractivity contribution >= 4 is 11.5 Å². The van der Waals surface area contributed by atoms with Crippen LogP contribution in [0.3, 0.4) is 0 Å². The minimum Gasteiger partial charge on any atom is -0.398 e. The Morgan fingerprint density at radius 3 is 2.52 bits per heavy atom. The van der Waals surface area contributed by atoms with Crippen molar-refractivity contribution in [3.63, 3.8) is 0 Å². The van der Waals surface area contributed by atoms with E-state index < -0.39 is 5.82 Å². The number of nitrogen functional groups attached to an aromatic ring is 1. The number of carbonyl (C=O) groups excluding carboxylic acids is 1. The molecule has 1 saturated heterocycles. The number of piperidine rings is 1. The molecule has 3 rings (SSSR count). The molecule has 1 aliphatic heterocycles. The number of carbonyl (C=O) groups is 1.